The quantitative estimate of drug-likeness (QED) is 0.662. The summed E-state index contributed by atoms with van der Waals surface area (Å²) in [4.78, 5) is 26.8. The molecular weight excluding hydrogens is 306 g/mol. The minimum absolute atomic E-state index is 0.287. The first kappa shape index (κ1) is 13.9. The maximum atomic E-state index is 12.9. The molecule has 22 heavy (non-hydrogen) atoms. The van der Waals surface area contributed by atoms with Gasteiger partial charge in [0.05, 0.1) is 30.2 Å². The number of halogens is 1. The monoisotopic (exact) mass is 319 g/mol. The van der Waals surface area contributed by atoms with E-state index in [1.165, 1.54) is 4.90 Å². The standard InChI is InChI=1S/C16H14ClNO4/c1-8-2-3-9(17)6-10(8)18-14(20)12-11-4-5-16(7-19,22-11)13(12)15(18)21/h2-6,11-13,19H,7H2,1H3/t11-,12+,13-,16+/m0/s1. The van der Waals surface area contributed by atoms with Crippen LogP contribution in [0.3, 0.4) is 0 Å². The summed E-state index contributed by atoms with van der Waals surface area (Å²) in [6.45, 7) is 1.51. The lowest BCUT2D eigenvalue weighted by Crippen LogP contribution is -2.43. The van der Waals surface area contributed by atoms with E-state index in [1.807, 2.05) is 6.92 Å². The van der Waals surface area contributed by atoms with Gasteiger partial charge in [-0.05, 0) is 24.6 Å². The summed E-state index contributed by atoms with van der Waals surface area (Å²) >= 11 is 6.01. The van der Waals surface area contributed by atoms with E-state index in [1.54, 1.807) is 30.4 Å². The van der Waals surface area contributed by atoms with Crippen LogP contribution in [-0.4, -0.2) is 35.2 Å². The molecule has 2 saturated heterocycles. The number of fused-ring (bicyclic) bond motifs is 5. The van der Waals surface area contributed by atoms with Crippen LogP contribution >= 0.6 is 11.6 Å². The summed E-state index contributed by atoms with van der Waals surface area (Å²) < 4.78 is 5.70. The third-order valence-electron chi connectivity index (χ3n) is 4.81. The average molecular weight is 320 g/mol. The number of amides is 2. The first-order chi connectivity index (χ1) is 10.5. The van der Waals surface area contributed by atoms with Gasteiger partial charge in [-0.15, -0.1) is 0 Å². The van der Waals surface area contributed by atoms with Crippen LogP contribution in [0.15, 0.2) is 30.4 Å². The van der Waals surface area contributed by atoms with Gasteiger partial charge >= 0.3 is 0 Å². The Morgan fingerprint density at radius 3 is 2.86 bits per heavy atom. The number of rotatable bonds is 2. The zero-order valence-electron chi connectivity index (χ0n) is 11.8. The molecule has 3 heterocycles. The number of carbonyl (C=O) groups excluding carboxylic acids is 2. The van der Waals surface area contributed by atoms with E-state index in [4.69, 9.17) is 16.3 Å². The van der Waals surface area contributed by atoms with Gasteiger partial charge in [-0.25, -0.2) is 4.90 Å². The van der Waals surface area contributed by atoms with E-state index in [9.17, 15) is 14.7 Å². The molecule has 0 spiro atoms. The maximum Gasteiger partial charge on any atom is 0.241 e. The Morgan fingerprint density at radius 1 is 1.36 bits per heavy atom. The molecule has 114 valence electrons. The molecule has 3 aliphatic rings. The molecule has 2 fully saturated rings. The Morgan fingerprint density at radius 2 is 2.14 bits per heavy atom. The number of anilines is 1. The molecule has 4 rings (SSSR count). The van der Waals surface area contributed by atoms with Crippen LogP contribution in [-0.2, 0) is 14.3 Å². The maximum absolute atomic E-state index is 12.9. The Kier molecular flexibility index (Phi) is 2.79. The topological polar surface area (TPSA) is 66.8 Å². The van der Waals surface area contributed by atoms with Crippen molar-refractivity contribution in [1.82, 2.24) is 0 Å². The number of aryl methyl sites for hydroxylation is 1. The van der Waals surface area contributed by atoms with Gasteiger partial charge in [-0.2, -0.15) is 0 Å². The summed E-state index contributed by atoms with van der Waals surface area (Å²) in [5.74, 6) is -1.85. The molecule has 2 bridgehead atoms. The first-order valence-corrected chi connectivity index (χ1v) is 7.48. The molecule has 1 N–H and O–H groups in total. The smallest absolute Gasteiger partial charge is 0.241 e. The lowest BCUT2D eigenvalue weighted by atomic mass is 9.77. The van der Waals surface area contributed by atoms with Crippen molar-refractivity contribution < 1.29 is 19.4 Å². The van der Waals surface area contributed by atoms with Crippen LogP contribution < -0.4 is 4.90 Å². The Bertz CT molecular complexity index is 731. The zero-order valence-corrected chi connectivity index (χ0v) is 12.6. The largest absolute Gasteiger partial charge is 0.393 e. The number of aliphatic hydroxyl groups excluding tert-OH is 1. The molecule has 3 aliphatic heterocycles. The molecule has 4 atom stereocenters. The van der Waals surface area contributed by atoms with Gasteiger partial charge in [0, 0.05) is 5.02 Å². The van der Waals surface area contributed by atoms with Crippen LogP contribution in [0.2, 0.25) is 5.02 Å². The van der Waals surface area contributed by atoms with Gasteiger partial charge in [0.1, 0.15) is 5.60 Å². The van der Waals surface area contributed by atoms with E-state index < -0.39 is 23.5 Å². The van der Waals surface area contributed by atoms with Gasteiger partial charge < -0.3 is 9.84 Å². The number of ether oxygens (including phenoxy) is 1. The summed E-state index contributed by atoms with van der Waals surface area (Å²) in [5, 5.41) is 10.1. The van der Waals surface area contributed by atoms with Crippen molar-refractivity contribution in [2.45, 2.75) is 18.6 Å². The molecule has 1 aromatic carbocycles. The highest BCUT2D eigenvalue weighted by molar-refractivity contribution is 6.31. The Balaban J connectivity index is 1.81. The van der Waals surface area contributed by atoms with E-state index in [0.29, 0.717) is 10.7 Å². The van der Waals surface area contributed by atoms with Crippen molar-refractivity contribution in [2.75, 3.05) is 11.5 Å². The van der Waals surface area contributed by atoms with Crippen LogP contribution in [0.4, 0.5) is 5.69 Å². The second kappa shape index (κ2) is 4.41. The van der Waals surface area contributed by atoms with E-state index >= 15 is 0 Å². The Hall–Kier alpha value is -1.69. The van der Waals surface area contributed by atoms with Crippen LogP contribution in [0.25, 0.3) is 0 Å². The summed E-state index contributed by atoms with van der Waals surface area (Å²) in [6.07, 6.45) is 3.02. The number of hydrogen-bond acceptors (Lipinski definition) is 4. The third kappa shape index (κ3) is 1.56. The second-order valence-electron chi connectivity index (χ2n) is 6.00. The van der Waals surface area contributed by atoms with Crippen molar-refractivity contribution in [3.63, 3.8) is 0 Å². The summed E-state index contributed by atoms with van der Waals surface area (Å²) in [7, 11) is 0. The molecule has 0 aliphatic carbocycles. The summed E-state index contributed by atoms with van der Waals surface area (Å²) in [5.41, 5.74) is 0.235. The number of aliphatic hydroxyl groups is 1. The molecule has 0 saturated carbocycles. The van der Waals surface area contributed by atoms with Gasteiger partial charge in [0.2, 0.25) is 11.8 Å². The van der Waals surface area contributed by atoms with E-state index in [0.717, 1.165) is 5.56 Å². The fourth-order valence-corrected chi connectivity index (χ4v) is 3.91. The van der Waals surface area contributed by atoms with Gasteiger partial charge in [-0.1, -0.05) is 29.8 Å². The van der Waals surface area contributed by atoms with Crippen molar-refractivity contribution in [1.29, 1.82) is 0 Å². The molecule has 5 nitrogen and oxygen atoms in total. The molecule has 6 heteroatoms. The second-order valence-corrected chi connectivity index (χ2v) is 6.44. The van der Waals surface area contributed by atoms with Crippen LogP contribution in [0.5, 0.6) is 0 Å². The van der Waals surface area contributed by atoms with Gasteiger partial charge in [0.25, 0.3) is 0 Å². The first-order valence-electron chi connectivity index (χ1n) is 7.10. The fourth-order valence-electron chi connectivity index (χ4n) is 3.74. The number of hydrogen-bond donors (Lipinski definition) is 1. The highest BCUT2D eigenvalue weighted by Gasteiger charge is 2.67. The van der Waals surface area contributed by atoms with Crippen molar-refractivity contribution in [2.24, 2.45) is 11.8 Å². The highest BCUT2D eigenvalue weighted by Crippen LogP contribution is 2.52. The lowest BCUT2D eigenvalue weighted by molar-refractivity contribution is -0.128. The van der Waals surface area contributed by atoms with E-state index in [-0.39, 0.29) is 18.4 Å². The van der Waals surface area contributed by atoms with Crippen LogP contribution in [0.1, 0.15) is 5.56 Å². The van der Waals surface area contributed by atoms with Crippen molar-refractivity contribution in [3.05, 3.63) is 40.9 Å². The van der Waals surface area contributed by atoms with Gasteiger partial charge in [0.15, 0.2) is 0 Å². The van der Waals surface area contributed by atoms with Gasteiger partial charge in [-0.3, -0.25) is 9.59 Å². The third-order valence-corrected chi connectivity index (χ3v) is 5.05. The predicted octanol–water partition coefficient (Wildman–Crippen LogP) is 1.45. The normalized spacial score (nSPS) is 35.6. The minimum atomic E-state index is -1.07. The number of nitrogens with zero attached hydrogens (tertiary/aromatic N) is 1. The molecular formula is C16H14ClNO4. The highest BCUT2D eigenvalue weighted by atomic mass is 35.5. The molecule has 0 aromatic heterocycles. The Labute approximate surface area is 132 Å². The fraction of sp³-hybridized carbons (Fsp3) is 0.375. The molecule has 0 radical (unpaired) electrons. The lowest BCUT2D eigenvalue weighted by Gasteiger charge is -2.26. The zero-order chi connectivity index (χ0) is 15.6. The predicted molar refractivity (Wildman–Crippen MR) is 79.5 cm³/mol. The molecule has 2 amide bonds. The SMILES string of the molecule is Cc1ccc(Cl)cc1N1C(=O)[C@@H]2[C@@H]3C=C[C@](CO)(O3)[C@@H]2C1=O. The number of benzene rings is 1. The average Bonchev–Trinajstić information content (AvgIpc) is 3.14. The molecule has 0 unspecified atom stereocenters. The van der Waals surface area contributed by atoms with Crippen molar-refractivity contribution in [3.8, 4) is 0 Å². The molecule has 1 aromatic rings. The number of carbonyl (C=O) groups is 2. The van der Waals surface area contributed by atoms with Crippen molar-refractivity contribution >= 4 is 29.1 Å². The summed E-state index contributed by atoms with van der Waals surface area (Å²) in [6, 6.07) is 5.11. The number of imide groups is 1. The van der Waals surface area contributed by atoms with E-state index in [2.05, 4.69) is 0 Å². The minimum Gasteiger partial charge on any atom is -0.393 e. The van der Waals surface area contributed by atoms with Crippen LogP contribution in [0, 0.1) is 18.8 Å².